The van der Waals surface area contributed by atoms with Gasteiger partial charge in [0.1, 0.15) is 17.3 Å². The second kappa shape index (κ2) is 10.3. The minimum Gasteiger partial charge on any atom is -0.495 e. The van der Waals surface area contributed by atoms with Crippen LogP contribution in [0.5, 0.6) is 5.75 Å². The normalized spacial score (nSPS) is 11.6. The summed E-state index contributed by atoms with van der Waals surface area (Å²) >= 11 is 0. The van der Waals surface area contributed by atoms with Crippen LogP contribution in [0.15, 0.2) is 59.0 Å². The van der Waals surface area contributed by atoms with Crippen molar-refractivity contribution in [1.29, 1.82) is 0 Å². The van der Waals surface area contributed by atoms with Gasteiger partial charge in [-0.15, -0.1) is 0 Å². The average molecular weight is 489 g/mol. The summed E-state index contributed by atoms with van der Waals surface area (Å²) < 4.78 is 10.8. The number of nitrogens with zero attached hydrogens (tertiary/aromatic N) is 1. The molecule has 10 heteroatoms. The Hall–Kier alpha value is -4.73. The largest absolute Gasteiger partial charge is 0.495 e. The summed E-state index contributed by atoms with van der Waals surface area (Å²) in [4.78, 5) is 30.5. The number of nitrogens with two attached hydrogens (primary N) is 2. The number of rotatable bonds is 8. The molecule has 7 N–H and O–H groups in total. The molecule has 3 aromatic carbocycles. The van der Waals surface area contributed by atoms with Gasteiger partial charge in [-0.2, -0.15) is 0 Å². The molecule has 0 saturated heterocycles. The zero-order chi connectivity index (χ0) is 25.8. The topological polar surface area (TPSA) is 158 Å². The van der Waals surface area contributed by atoms with E-state index in [-0.39, 0.29) is 12.3 Å². The number of hydrogen-bond donors (Lipinski definition) is 5. The number of carbonyl (C=O) groups excluding carboxylic acids is 2. The monoisotopic (exact) mass is 488 g/mol. The first kappa shape index (κ1) is 24.4. The summed E-state index contributed by atoms with van der Waals surface area (Å²) in [5.74, 6) is 0.203. The van der Waals surface area contributed by atoms with Gasteiger partial charge in [-0.25, -0.2) is 4.98 Å². The van der Waals surface area contributed by atoms with Gasteiger partial charge in [-0.3, -0.25) is 9.59 Å². The third-order valence-corrected chi connectivity index (χ3v) is 5.57. The van der Waals surface area contributed by atoms with Crippen LogP contribution >= 0.6 is 0 Å². The quantitative estimate of drug-likeness (QED) is 0.232. The summed E-state index contributed by atoms with van der Waals surface area (Å²) in [6, 6.07) is 14.5. The van der Waals surface area contributed by atoms with Crippen LogP contribution in [0.1, 0.15) is 17.9 Å². The maximum Gasteiger partial charge on any atom is 0.247 e. The molecule has 186 valence electrons. The zero-order valence-electron chi connectivity index (χ0n) is 20.2. The van der Waals surface area contributed by atoms with Gasteiger partial charge in [0.15, 0.2) is 11.5 Å². The van der Waals surface area contributed by atoms with Crippen LogP contribution in [-0.4, -0.2) is 29.9 Å². The highest BCUT2D eigenvalue weighted by atomic mass is 16.5. The molecule has 0 radical (unpaired) electrons. The van der Waals surface area contributed by atoms with Crippen molar-refractivity contribution in [3.05, 3.63) is 66.1 Å². The predicted octanol–water partition coefficient (Wildman–Crippen LogP) is 4.07. The van der Waals surface area contributed by atoms with Crippen LogP contribution in [0.2, 0.25) is 0 Å². The molecule has 1 aromatic heterocycles. The molecule has 0 bridgehead atoms. The number of nitrogens with one attached hydrogen (secondary N) is 3. The lowest BCUT2D eigenvalue weighted by molar-refractivity contribution is -0.121. The molecule has 4 rings (SSSR count). The number of aromatic nitrogens is 1. The number of anilines is 5. The SMILES string of the molecule is COc1cc(NC(=O)C(CC(=O)Nc2ccc(N)cc2C)Nc2ccc3nc(C)oc3c2)ccc1N. The molecule has 0 aliphatic carbocycles. The number of oxazole rings is 1. The summed E-state index contributed by atoms with van der Waals surface area (Å²) in [6.45, 7) is 3.60. The lowest BCUT2D eigenvalue weighted by atomic mass is 10.1. The second-order valence-electron chi connectivity index (χ2n) is 8.38. The minimum atomic E-state index is -0.913. The van der Waals surface area contributed by atoms with Crippen molar-refractivity contribution in [2.45, 2.75) is 26.3 Å². The van der Waals surface area contributed by atoms with Crippen LogP contribution in [0.3, 0.4) is 0 Å². The van der Waals surface area contributed by atoms with Crippen molar-refractivity contribution in [3.63, 3.8) is 0 Å². The van der Waals surface area contributed by atoms with Gasteiger partial charge in [0.2, 0.25) is 11.8 Å². The highest BCUT2D eigenvalue weighted by Crippen LogP contribution is 2.26. The molecule has 0 spiro atoms. The number of fused-ring (bicyclic) bond motifs is 1. The Morgan fingerprint density at radius 1 is 1.00 bits per heavy atom. The third kappa shape index (κ3) is 5.66. The number of methoxy groups -OCH3 is 1. The fraction of sp³-hybridized carbons (Fsp3) is 0.192. The Balaban J connectivity index is 1.56. The van der Waals surface area contributed by atoms with E-state index in [4.69, 9.17) is 20.6 Å². The molecule has 1 heterocycles. The first-order chi connectivity index (χ1) is 17.2. The Kier molecular flexibility index (Phi) is 6.95. The average Bonchev–Trinajstić information content (AvgIpc) is 3.21. The van der Waals surface area contributed by atoms with E-state index in [1.807, 2.05) is 6.92 Å². The molecule has 10 nitrogen and oxygen atoms in total. The van der Waals surface area contributed by atoms with E-state index in [9.17, 15) is 9.59 Å². The fourth-order valence-electron chi connectivity index (χ4n) is 3.77. The molecule has 2 amide bonds. The Labute approximate surface area is 208 Å². The van der Waals surface area contributed by atoms with Gasteiger partial charge in [0.05, 0.1) is 19.2 Å². The van der Waals surface area contributed by atoms with Crippen LogP contribution in [0, 0.1) is 13.8 Å². The van der Waals surface area contributed by atoms with Crippen molar-refractivity contribution in [3.8, 4) is 5.75 Å². The van der Waals surface area contributed by atoms with E-state index in [1.165, 1.54) is 7.11 Å². The molecule has 0 saturated carbocycles. The van der Waals surface area contributed by atoms with Crippen LogP contribution in [-0.2, 0) is 9.59 Å². The Bertz CT molecular complexity index is 1430. The number of ether oxygens (including phenoxy) is 1. The van der Waals surface area contributed by atoms with Crippen molar-refractivity contribution in [2.75, 3.05) is 34.5 Å². The minimum absolute atomic E-state index is 0.144. The van der Waals surface area contributed by atoms with E-state index in [1.54, 1.807) is 61.5 Å². The summed E-state index contributed by atoms with van der Waals surface area (Å²) in [6.07, 6.45) is -0.144. The maximum absolute atomic E-state index is 13.3. The maximum atomic E-state index is 13.3. The summed E-state index contributed by atoms with van der Waals surface area (Å²) in [7, 11) is 1.49. The Morgan fingerprint density at radius 3 is 2.53 bits per heavy atom. The molecule has 1 unspecified atom stereocenters. The lowest BCUT2D eigenvalue weighted by Crippen LogP contribution is -2.38. The molecular weight excluding hydrogens is 460 g/mol. The fourth-order valence-corrected chi connectivity index (χ4v) is 3.77. The summed E-state index contributed by atoms with van der Waals surface area (Å²) in [5, 5.41) is 8.82. The Morgan fingerprint density at radius 2 is 1.78 bits per heavy atom. The highest BCUT2D eigenvalue weighted by Gasteiger charge is 2.23. The highest BCUT2D eigenvalue weighted by molar-refractivity contribution is 6.02. The van der Waals surface area contributed by atoms with E-state index >= 15 is 0 Å². The number of nitrogen functional groups attached to an aromatic ring is 2. The van der Waals surface area contributed by atoms with Crippen molar-refractivity contribution < 1.29 is 18.7 Å². The van der Waals surface area contributed by atoms with Crippen LogP contribution < -0.4 is 32.2 Å². The number of hydrogen-bond acceptors (Lipinski definition) is 8. The number of carbonyl (C=O) groups is 2. The number of amides is 2. The van der Waals surface area contributed by atoms with Gasteiger partial charge in [0, 0.05) is 41.8 Å². The van der Waals surface area contributed by atoms with Gasteiger partial charge in [-0.05, 0) is 55.0 Å². The predicted molar refractivity (Wildman–Crippen MR) is 141 cm³/mol. The molecule has 4 aromatic rings. The van der Waals surface area contributed by atoms with Gasteiger partial charge < -0.3 is 36.6 Å². The van der Waals surface area contributed by atoms with Gasteiger partial charge >= 0.3 is 0 Å². The van der Waals surface area contributed by atoms with Crippen molar-refractivity contribution in [1.82, 2.24) is 4.98 Å². The second-order valence-corrected chi connectivity index (χ2v) is 8.38. The van der Waals surface area contributed by atoms with E-state index in [2.05, 4.69) is 20.9 Å². The third-order valence-electron chi connectivity index (χ3n) is 5.57. The smallest absolute Gasteiger partial charge is 0.247 e. The lowest BCUT2D eigenvalue weighted by Gasteiger charge is -2.20. The first-order valence-electron chi connectivity index (χ1n) is 11.3. The van der Waals surface area contributed by atoms with Gasteiger partial charge in [-0.1, -0.05) is 0 Å². The molecule has 0 aliphatic heterocycles. The standard InChI is InChI=1S/C26H28N6O4/c1-14-10-16(27)4-8-20(14)32-25(33)13-22(26(34)31-18-5-7-19(28)23(11-18)35-3)30-17-6-9-21-24(12-17)36-15(2)29-21/h4-12,22,30H,13,27-28H2,1-3H3,(H,31,34)(H,32,33). The van der Waals surface area contributed by atoms with E-state index in [0.717, 1.165) is 5.56 Å². The van der Waals surface area contributed by atoms with Crippen LogP contribution in [0.25, 0.3) is 11.1 Å². The van der Waals surface area contributed by atoms with E-state index < -0.39 is 11.9 Å². The molecule has 0 aliphatic rings. The van der Waals surface area contributed by atoms with Crippen molar-refractivity contribution >= 4 is 51.4 Å². The molecule has 1 atom stereocenters. The number of benzene rings is 3. The van der Waals surface area contributed by atoms with Crippen LogP contribution in [0.4, 0.5) is 28.4 Å². The van der Waals surface area contributed by atoms with E-state index in [0.29, 0.717) is 51.2 Å². The molecular formula is C26H28N6O4. The van der Waals surface area contributed by atoms with Crippen molar-refractivity contribution in [2.24, 2.45) is 0 Å². The first-order valence-corrected chi connectivity index (χ1v) is 11.3. The molecule has 36 heavy (non-hydrogen) atoms. The molecule has 0 fully saturated rings. The zero-order valence-corrected chi connectivity index (χ0v) is 20.2. The summed E-state index contributed by atoms with van der Waals surface area (Å²) in [5.41, 5.74) is 16.5. The number of aryl methyl sites for hydroxylation is 2. The van der Waals surface area contributed by atoms with Gasteiger partial charge in [0.25, 0.3) is 0 Å².